The minimum atomic E-state index is -0.798. The molecule has 0 rings (SSSR count). The smallest absolute Gasteiger partial charge is 0.306 e. The summed E-state index contributed by atoms with van der Waals surface area (Å²) in [6.07, 6.45) is 97.1. The molecule has 0 bridgehead atoms. The van der Waals surface area contributed by atoms with E-state index in [0.29, 0.717) is 19.3 Å². The van der Waals surface area contributed by atoms with Gasteiger partial charge in [-0.25, -0.2) is 0 Å². The molecule has 0 N–H and O–H groups in total. The molecule has 458 valence electrons. The van der Waals surface area contributed by atoms with Crippen molar-refractivity contribution in [1.82, 2.24) is 0 Å². The molecular weight excluding hydrogens is 997 g/mol. The highest BCUT2D eigenvalue weighted by Crippen LogP contribution is 2.15. The minimum absolute atomic E-state index is 0.0940. The van der Waals surface area contributed by atoms with Gasteiger partial charge in [0.25, 0.3) is 0 Å². The Labute approximate surface area is 499 Å². The lowest BCUT2D eigenvalue weighted by molar-refractivity contribution is -0.167. The molecule has 0 amide bonds. The van der Waals surface area contributed by atoms with Crippen molar-refractivity contribution in [2.24, 2.45) is 0 Å². The van der Waals surface area contributed by atoms with Gasteiger partial charge in [-0.3, -0.25) is 14.4 Å². The van der Waals surface area contributed by atoms with Crippen molar-refractivity contribution in [2.45, 2.75) is 297 Å². The monoisotopic (exact) mass is 1120 g/mol. The van der Waals surface area contributed by atoms with E-state index in [1.54, 1.807) is 0 Å². The average molecular weight is 1120 g/mol. The summed E-state index contributed by atoms with van der Waals surface area (Å²) in [5.74, 6) is -0.922. The van der Waals surface area contributed by atoms with Gasteiger partial charge in [-0.2, -0.15) is 0 Å². The molecule has 0 aromatic carbocycles. The summed E-state index contributed by atoms with van der Waals surface area (Å²) < 4.78 is 16.9. The Kier molecular flexibility index (Phi) is 63.9. The van der Waals surface area contributed by atoms with Crippen molar-refractivity contribution < 1.29 is 28.6 Å². The predicted molar refractivity (Wildman–Crippen MR) is 352 cm³/mol. The number of carbonyl (C=O) groups excluding carboxylic acids is 3. The summed E-state index contributed by atoms with van der Waals surface area (Å²) >= 11 is 0. The number of hydrogen-bond acceptors (Lipinski definition) is 6. The van der Waals surface area contributed by atoms with Crippen LogP contribution in [0.4, 0.5) is 0 Å². The number of hydrogen-bond donors (Lipinski definition) is 0. The second-order valence-corrected chi connectivity index (χ2v) is 21.6. The summed E-state index contributed by atoms with van der Waals surface area (Å²) in [5.41, 5.74) is 0. The van der Waals surface area contributed by atoms with Crippen molar-refractivity contribution in [2.75, 3.05) is 13.2 Å². The van der Waals surface area contributed by atoms with Crippen LogP contribution in [-0.2, 0) is 28.6 Å². The molecule has 1 unspecified atom stereocenters. The van der Waals surface area contributed by atoms with Gasteiger partial charge in [0.05, 0.1) is 0 Å². The van der Waals surface area contributed by atoms with Crippen LogP contribution in [0.2, 0.25) is 0 Å². The van der Waals surface area contributed by atoms with E-state index in [1.165, 1.54) is 89.9 Å². The van der Waals surface area contributed by atoms with Gasteiger partial charge in [0, 0.05) is 19.3 Å². The van der Waals surface area contributed by atoms with Gasteiger partial charge in [-0.15, -0.1) is 0 Å². The van der Waals surface area contributed by atoms with Gasteiger partial charge in [0.2, 0.25) is 0 Å². The van der Waals surface area contributed by atoms with Crippen LogP contribution in [0.3, 0.4) is 0 Å². The summed E-state index contributed by atoms with van der Waals surface area (Å²) in [6, 6.07) is 0. The van der Waals surface area contributed by atoms with Gasteiger partial charge < -0.3 is 14.2 Å². The van der Waals surface area contributed by atoms with Crippen LogP contribution in [-0.4, -0.2) is 37.2 Å². The maximum atomic E-state index is 12.9. The van der Waals surface area contributed by atoms with Crippen molar-refractivity contribution in [3.63, 3.8) is 0 Å². The molecule has 0 aliphatic heterocycles. The zero-order valence-corrected chi connectivity index (χ0v) is 52.5. The summed E-state index contributed by atoms with van der Waals surface area (Å²) in [4.78, 5) is 38.3. The molecule has 0 aliphatic rings. The largest absolute Gasteiger partial charge is 0.462 e. The normalized spacial score (nSPS) is 13.1. The Morgan fingerprint density at radius 2 is 0.506 bits per heavy atom. The first-order chi connectivity index (χ1) is 40.0. The van der Waals surface area contributed by atoms with E-state index in [2.05, 4.69) is 167 Å². The fourth-order valence-electron chi connectivity index (χ4n) is 8.82. The zero-order chi connectivity index (χ0) is 58.5. The van der Waals surface area contributed by atoms with Gasteiger partial charge in [0.15, 0.2) is 6.10 Å². The SMILES string of the molecule is CC/C=C\C/C=C\C/C=C\C/C=C\C/C=C\C/C=C\C/C=C\C/C=C\CCCCCCCCCCC(=O)OCC(COC(=O)CCCCCCC/C=C\C/C=C\CCC)OC(=O)CCCCCCCCC/C=C\C/C=C\CCCCC. The van der Waals surface area contributed by atoms with E-state index in [-0.39, 0.29) is 31.1 Å². The van der Waals surface area contributed by atoms with Crippen molar-refractivity contribution in [3.8, 4) is 0 Å². The Hall–Kier alpha value is -4.71. The first-order valence-corrected chi connectivity index (χ1v) is 33.3. The maximum Gasteiger partial charge on any atom is 0.306 e. The molecule has 6 nitrogen and oxygen atoms in total. The molecule has 0 aromatic rings. The van der Waals surface area contributed by atoms with Gasteiger partial charge in [0.1, 0.15) is 13.2 Å². The second-order valence-electron chi connectivity index (χ2n) is 21.6. The van der Waals surface area contributed by atoms with Crippen LogP contribution in [0.25, 0.3) is 0 Å². The van der Waals surface area contributed by atoms with Crippen LogP contribution in [0, 0.1) is 0 Å². The molecule has 0 spiro atoms. The van der Waals surface area contributed by atoms with Crippen LogP contribution >= 0.6 is 0 Å². The molecule has 0 aliphatic carbocycles. The first-order valence-electron chi connectivity index (χ1n) is 33.3. The number of allylic oxidation sites excluding steroid dienone is 24. The number of carbonyl (C=O) groups is 3. The molecule has 0 radical (unpaired) electrons. The lowest BCUT2D eigenvalue weighted by atomic mass is 10.1. The predicted octanol–water partition coefficient (Wildman–Crippen LogP) is 23.1. The Morgan fingerprint density at radius 1 is 0.259 bits per heavy atom. The fraction of sp³-hybridized carbons (Fsp3) is 0.640. The molecule has 1 atom stereocenters. The lowest BCUT2D eigenvalue weighted by Gasteiger charge is -2.18. The molecule has 0 heterocycles. The number of esters is 3. The Bertz CT molecular complexity index is 1760. The summed E-state index contributed by atoms with van der Waals surface area (Å²) in [6.45, 7) is 6.42. The highest BCUT2D eigenvalue weighted by Gasteiger charge is 2.19. The molecule has 81 heavy (non-hydrogen) atoms. The maximum absolute atomic E-state index is 12.9. The number of unbranched alkanes of at least 4 members (excludes halogenated alkanes) is 24. The van der Waals surface area contributed by atoms with Crippen molar-refractivity contribution >= 4 is 17.9 Å². The van der Waals surface area contributed by atoms with Crippen LogP contribution in [0.1, 0.15) is 290 Å². The molecule has 6 heteroatoms. The summed E-state index contributed by atoms with van der Waals surface area (Å²) in [5, 5.41) is 0. The molecule has 0 saturated carbocycles. The van der Waals surface area contributed by atoms with Crippen LogP contribution in [0.5, 0.6) is 0 Å². The van der Waals surface area contributed by atoms with Crippen molar-refractivity contribution in [3.05, 3.63) is 146 Å². The Balaban J connectivity index is 4.31. The van der Waals surface area contributed by atoms with Gasteiger partial charge in [-0.05, 0) is 141 Å². The third-order valence-corrected chi connectivity index (χ3v) is 13.8. The van der Waals surface area contributed by atoms with E-state index in [1.807, 2.05) is 0 Å². The van der Waals surface area contributed by atoms with Crippen LogP contribution < -0.4 is 0 Å². The highest BCUT2D eigenvalue weighted by molar-refractivity contribution is 5.71. The lowest BCUT2D eigenvalue weighted by Crippen LogP contribution is -2.30. The molecule has 0 saturated heterocycles. The quantitative estimate of drug-likeness (QED) is 0.0261. The van der Waals surface area contributed by atoms with Crippen LogP contribution in [0.15, 0.2) is 146 Å². The standard InChI is InChI=1S/C75H122O6/c1-4-7-10-13-16-19-22-25-27-29-30-31-32-33-34-35-36-37-38-39-40-41-42-43-44-46-47-50-53-56-59-62-65-68-74(77)80-71-72(70-79-73(76)67-64-61-58-55-52-49-24-21-18-15-12-9-6-3)81-75(78)69-66-63-60-57-54-51-48-45-28-26-23-20-17-14-11-8-5-2/h7,10,12,15-17,19-21,24-28,30-31,33-34,36-37,39-40,42-43,72H,4-6,8-9,11,13-14,18,22-23,29,32,35,38,41,44-71H2,1-3H3/b10-7-,15-12-,19-16-,20-17-,24-21-,27-25-,28-26-,31-30-,34-33-,37-36-,40-39-,43-42-. The topological polar surface area (TPSA) is 78.9 Å². The average Bonchev–Trinajstić information content (AvgIpc) is 3.46. The van der Waals surface area contributed by atoms with E-state index < -0.39 is 6.10 Å². The van der Waals surface area contributed by atoms with E-state index in [4.69, 9.17) is 14.2 Å². The molecule has 0 aromatic heterocycles. The fourth-order valence-corrected chi connectivity index (χ4v) is 8.82. The van der Waals surface area contributed by atoms with E-state index >= 15 is 0 Å². The third kappa shape index (κ3) is 66.0. The highest BCUT2D eigenvalue weighted by atomic mass is 16.6. The first kappa shape index (κ1) is 76.3. The minimum Gasteiger partial charge on any atom is -0.462 e. The molecular formula is C75H122O6. The third-order valence-electron chi connectivity index (χ3n) is 13.8. The van der Waals surface area contributed by atoms with E-state index in [0.717, 1.165) is 161 Å². The second kappa shape index (κ2) is 67.8. The zero-order valence-electron chi connectivity index (χ0n) is 52.5. The van der Waals surface area contributed by atoms with Gasteiger partial charge in [-0.1, -0.05) is 276 Å². The van der Waals surface area contributed by atoms with Gasteiger partial charge >= 0.3 is 17.9 Å². The molecule has 0 fully saturated rings. The van der Waals surface area contributed by atoms with Crippen molar-refractivity contribution in [1.29, 1.82) is 0 Å². The number of ether oxygens (including phenoxy) is 3. The van der Waals surface area contributed by atoms with E-state index in [9.17, 15) is 14.4 Å². The number of rotatable bonds is 59. The Morgan fingerprint density at radius 3 is 0.802 bits per heavy atom. The summed E-state index contributed by atoms with van der Waals surface area (Å²) in [7, 11) is 0.